The first-order valence-corrected chi connectivity index (χ1v) is 5.54. The van der Waals surface area contributed by atoms with Crippen molar-refractivity contribution < 1.29 is 0 Å². The van der Waals surface area contributed by atoms with E-state index in [9.17, 15) is 0 Å². The van der Waals surface area contributed by atoms with Crippen molar-refractivity contribution in [1.29, 1.82) is 5.26 Å². The number of nitrogens with zero attached hydrogens (tertiary/aromatic N) is 3. The summed E-state index contributed by atoms with van der Waals surface area (Å²) in [5, 5.41) is 8.80. The minimum atomic E-state index is 0.419. The Morgan fingerprint density at radius 1 is 1.18 bits per heavy atom. The summed E-state index contributed by atoms with van der Waals surface area (Å²) in [7, 11) is 0. The lowest BCUT2D eigenvalue weighted by Crippen LogP contribution is -1.93. The zero-order valence-electron chi connectivity index (χ0n) is 9.88. The highest BCUT2D eigenvalue weighted by molar-refractivity contribution is 5.58. The predicted molar refractivity (Wildman–Crippen MR) is 66.3 cm³/mol. The van der Waals surface area contributed by atoms with Crippen LogP contribution in [0.3, 0.4) is 0 Å². The molecule has 2 rings (SSSR count). The third kappa shape index (κ3) is 2.48. The highest BCUT2D eigenvalue weighted by Gasteiger charge is 2.03. The molecule has 0 spiro atoms. The van der Waals surface area contributed by atoms with Gasteiger partial charge in [-0.05, 0) is 30.2 Å². The van der Waals surface area contributed by atoms with Gasteiger partial charge in [0.25, 0.3) is 0 Å². The smallest absolute Gasteiger partial charge is 0.141 e. The van der Waals surface area contributed by atoms with Gasteiger partial charge in [0.15, 0.2) is 0 Å². The van der Waals surface area contributed by atoms with Gasteiger partial charge in [-0.2, -0.15) is 5.26 Å². The molecule has 0 saturated heterocycles. The van der Waals surface area contributed by atoms with E-state index < -0.39 is 0 Å². The van der Waals surface area contributed by atoms with Crippen LogP contribution in [0.25, 0.3) is 11.3 Å². The molecule has 84 valence electrons. The maximum absolute atomic E-state index is 8.80. The molecule has 0 fully saturated rings. The first kappa shape index (κ1) is 11.3. The maximum Gasteiger partial charge on any atom is 0.141 e. The molecule has 0 N–H and O–H groups in total. The Labute approximate surface area is 101 Å². The number of aromatic nitrogens is 2. The zero-order chi connectivity index (χ0) is 12.3. The normalized spacial score (nSPS) is 10.2. The number of nitriles is 1. The standard InChI is InChI=1S/C14H13N3/c1-10(2)13-7-6-11(9-16-13)14-5-3-4-12(8-15)17-14/h3-7,9-10H,1-2H3. The molecule has 17 heavy (non-hydrogen) atoms. The van der Waals surface area contributed by atoms with Crippen LogP contribution in [0.5, 0.6) is 0 Å². The minimum absolute atomic E-state index is 0.419. The largest absolute Gasteiger partial charge is 0.260 e. The van der Waals surface area contributed by atoms with Crippen LogP contribution in [0.1, 0.15) is 31.2 Å². The van der Waals surface area contributed by atoms with Crippen LogP contribution in [-0.4, -0.2) is 9.97 Å². The molecule has 0 radical (unpaired) electrons. The average molecular weight is 223 g/mol. The Balaban J connectivity index is 2.37. The average Bonchev–Trinajstić information content (AvgIpc) is 2.39. The van der Waals surface area contributed by atoms with Gasteiger partial charge < -0.3 is 0 Å². The van der Waals surface area contributed by atoms with E-state index in [4.69, 9.17) is 5.26 Å². The van der Waals surface area contributed by atoms with Crippen molar-refractivity contribution in [3.63, 3.8) is 0 Å². The first-order chi connectivity index (χ1) is 8.20. The van der Waals surface area contributed by atoms with Crippen LogP contribution in [0, 0.1) is 11.3 Å². The van der Waals surface area contributed by atoms with E-state index in [0.717, 1.165) is 17.0 Å². The van der Waals surface area contributed by atoms with Gasteiger partial charge in [0.05, 0.1) is 5.69 Å². The molecule has 0 atom stereocenters. The molecule has 0 aliphatic carbocycles. The summed E-state index contributed by atoms with van der Waals surface area (Å²) in [6, 6.07) is 11.4. The molecule has 0 saturated carbocycles. The second-order valence-corrected chi connectivity index (χ2v) is 4.15. The van der Waals surface area contributed by atoms with Crippen LogP contribution < -0.4 is 0 Å². The number of hydrogen-bond acceptors (Lipinski definition) is 3. The van der Waals surface area contributed by atoms with Gasteiger partial charge in [0.2, 0.25) is 0 Å². The molecular formula is C14H13N3. The molecule has 0 amide bonds. The molecule has 0 aliphatic heterocycles. The van der Waals surface area contributed by atoms with E-state index >= 15 is 0 Å². The molecule has 0 unspecified atom stereocenters. The van der Waals surface area contributed by atoms with Crippen molar-refractivity contribution in [2.45, 2.75) is 19.8 Å². The van der Waals surface area contributed by atoms with Crippen molar-refractivity contribution in [1.82, 2.24) is 9.97 Å². The van der Waals surface area contributed by atoms with Gasteiger partial charge >= 0.3 is 0 Å². The molecule has 2 heterocycles. The van der Waals surface area contributed by atoms with Crippen LogP contribution in [0.15, 0.2) is 36.5 Å². The molecule has 0 bridgehead atoms. The fourth-order valence-corrected chi connectivity index (χ4v) is 1.56. The highest BCUT2D eigenvalue weighted by atomic mass is 14.7. The van der Waals surface area contributed by atoms with Crippen molar-refractivity contribution in [3.05, 3.63) is 47.9 Å². The molecular weight excluding hydrogens is 210 g/mol. The van der Waals surface area contributed by atoms with Gasteiger partial charge in [-0.1, -0.05) is 19.9 Å². The fraction of sp³-hybridized carbons (Fsp3) is 0.214. The monoisotopic (exact) mass is 223 g/mol. The summed E-state index contributed by atoms with van der Waals surface area (Å²) in [5.41, 5.74) is 3.21. The van der Waals surface area contributed by atoms with Gasteiger partial charge in [-0.25, -0.2) is 4.98 Å². The van der Waals surface area contributed by atoms with E-state index in [1.54, 1.807) is 12.3 Å². The van der Waals surface area contributed by atoms with Crippen molar-refractivity contribution in [2.24, 2.45) is 0 Å². The van der Waals surface area contributed by atoms with Crippen molar-refractivity contribution in [3.8, 4) is 17.3 Å². The maximum atomic E-state index is 8.80. The van der Waals surface area contributed by atoms with Gasteiger partial charge in [0.1, 0.15) is 11.8 Å². The zero-order valence-corrected chi connectivity index (χ0v) is 9.88. The van der Waals surface area contributed by atoms with E-state index in [1.165, 1.54) is 0 Å². The topological polar surface area (TPSA) is 49.6 Å². The van der Waals surface area contributed by atoms with E-state index in [2.05, 4.69) is 23.8 Å². The van der Waals surface area contributed by atoms with Crippen LogP contribution in [0.2, 0.25) is 0 Å². The third-order valence-corrected chi connectivity index (χ3v) is 2.54. The molecule has 3 heteroatoms. The second kappa shape index (κ2) is 4.75. The van der Waals surface area contributed by atoms with Gasteiger partial charge in [0, 0.05) is 17.5 Å². The summed E-state index contributed by atoms with van der Waals surface area (Å²) < 4.78 is 0. The Hall–Kier alpha value is -2.21. The molecule has 3 nitrogen and oxygen atoms in total. The van der Waals surface area contributed by atoms with Gasteiger partial charge in [-0.15, -0.1) is 0 Å². The Morgan fingerprint density at radius 2 is 2.00 bits per heavy atom. The van der Waals surface area contributed by atoms with Gasteiger partial charge in [-0.3, -0.25) is 4.98 Å². The minimum Gasteiger partial charge on any atom is -0.260 e. The van der Waals surface area contributed by atoms with E-state index in [1.807, 2.05) is 30.3 Å². The van der Waals surface area contributed by atoms with E-state index in [0.29, 0.717) is 11.6 Å². The van der Waals surface area contributed by atoms with E-state index in [-0.39, 0.29) is 0 Å². The molecule has 0 aromatic carbocycles. The second-order valence-electron chi connectivity index (χ2n) is 4.15. The predicted octanol–water partition coefficient (Wildman–Crippen LogP) is 3.14. The lowest BCUT2D eigenvalue weighted by Gasteiger charge is -2.05. The summed E-state index contributed by atoms with van der Waals surface area (Å²) in [5.74, 6) is 0.419. The third-order valence-electron chi connectivity index (χ3n) is 2.54. The SMILES string of the molecule is CC(C)c1ccc(-c2cccc(C#N)n2)cn1. The first-order valence-electron chi connectivity index (χ1n) is 5.54. The van der Waals surface area contributed by atoms with Crippen molar-refractivity contribution >= 4 is 0 Å². The quantitative estimate of drug-likeness (QED) is 0.785. The Morgan fingerprint density at radius 3 is 2.59 bits per heavy atom. The summed E-state index contributed by atoms with van der Waals surface area (Å²) in [6.45, 7) is 4.22. The molecule has 0 aliphatic rings. The lowest BCUT2D eigenvalue weighted by molar-refractivity contribution is 0.823. The number of rotatable bonds is 2. The molecule has 2 aromatic heterocycles. The van der Waals surface area contributed by atoms with Crippen molar-refractivity contribution in [2.75, 3.05) is 0 Å². The lowest BCUT2D eigenvalue weighted by atomic mass is 10.1. The summed E-state index contributed by atoms with van der Waals surface area (Å²) in [6.07, 6.45) is 1.80. The number of pyridine rings is 2. The summed E-state index contributed by atoms with van der Waals surface area (Å²) in [4.78, 5) is 8.62. The fourth-order valence-electron chi connectivity index (χ4n) is 1.56. The number of hydrogen-bond donors (Lipinski definition) is 0. The molecule has 2 aromatic rings. The Kier molecular flexibility index (Phi) is 3.15. The summed E-state index contributed by atoms with van der Waals surface area (Å²) >= 11 is 0. The van der Waals surface area contributed by atoms with Crippen LogP contribution in [0.4, 0.5) is 0 Å². The van der Waals surface area contributed by atoms with Crippen LogP contribution in [-0.2, 0) is 0 Å². The highest BCUT2D eigenvalue weighted by Crippen LogP contribution is 2.18. The van der Waals surface area contributed by atoms with Crippen LogP contribution >= 0.6 is 0 Å². The Bertz CT molecular complexity index is 550.